The van der Waals surface area contributed by atoms with Crippen LogP contribution in [0.1, 0.15) is 36.5 Å². The third kappa shape index (κ3) is 3.73. The topological polar surface area (TPSA) is 84.2 Å². The van der Waals surface area contributed by atoms with Crippen molar-refractivity contribution in [2.75, 3.05) is 25.4 Å². The number of piperidine rings is 1. The summed E-state index contributed by atoms with van der Waals surface area (Å²) >= 11 is 0. The van der Waals surface area contributed by atoms with E-state index in [4.69, 9.17) is 10.5 Å². The molecule has 1 aromatic heterocycles. The Labute approximate surface area is 164 Å². The molecule has 146 valence electrons. The molecule has 2 heterocycles. The summed E-state index contributed by atoms with van der Waals surface area (Å²) in [6.45, 7) is 4.31. The Hall–Kier alpha value is -2.86. The van der Waals surface area contributed by atoms with Crippen LogP contribution in [0.3, 0.4) is 0 Å². The average molecular weight is 378 g/mol. The Morgan fingerprint density at radius 2 is 2.14 bits per heavy atom. The molecule has 0 spiro atoms. The highest BCUT2D eigenvalue weighted by Crippen LogP contribution is 2.27. The van der Waals surface area contributed by atoms with Gasteiger partial charge in [0.1, 0.15) is 0 Å². The van der Waals surface area contributed by atoms with Crippen molar-refractivity contribution in [1.29, 1.82) is 0 Å². The van der Waals surface area contributed by atoms with Crippen LogP contribution in [0.5, 0.6) is 0 Å². The van der Waals surface area contributed by atoms with Crippen molar-refractivity contribution in [3.8, 4) is 11.1 Å². The van der Waals surface area contributed by atoms with Gasteiger partial charge in [0.15, 0.2) is 5.82 Å². The zero-order chi connectivity index (χ0) is 19.5. The number of nitrogens with one attached hydrogen (secondary N) is 1. The lowest BCUT2D eigenvalue weighted by atomic mass is 10.0. The molecule has 1 atom stereocenters. The van der Waals surface area contributed by atoms with Crippen molar-refractivity contribution >= 4 is 22.6 Å². The molecule has 0 aliphatic carbocycles. The number of aromatic nitrogens is 2. The normalized spacial score (nSPS) is 17.2. The number of nitrogens with zero attached hydrogens (tertiary/aromatic N) is 2. The van der Waals surface area contributed by atoms with E-state index in [0.29, 0.717) is 17.9 Å². The van der Waals surface area contributed by atoms with Crippen molar-refractivity contribution in [2.24, 2.45) is 0 Å². The molecule has 6 heteroatoms. The Morgan fingerprint density at radius 3 is 3.00 bits per heavy atom. The molecule has 3 aromatic rings. The molecule has 0 radical (unpaired) electrons. The molecule has 1 saturated heterocycles. The summed E-state index contributed by atoms with van der Waals surface area (Å²) in [6.07, 6.45) is 3.15. The number of amides is 1. The van der Waals surface area contributed by atoms with Crippen LogP contribution in [0.2, 0.25) is 0 Å². The third-order valence-corrected chi connectivity index (χ3v) is 5.26. The van der Waals surface area contributed by atoms with E-state index < -0.39 is 0 Å². The molecule has 6 nitrogen and oxygen atoms in total. The van der Waals surface area contributed by atoms with Gasteiger partial charge in [-0.25, -0.2) is 0 Å². The van der Waals surface area contributed by atoms with Crippen LogP contribution in [-0.2, 0) is 4.74 Å². The number of benzene rings is 2. The zero-order valence-corrected chi connectivity index (χ0v) is 16.1. The number of rotatable bonds is 5. The van der Waals surface area contributed by atoms with Gasteiger partial charge in [0.2, 0.25) is 0 Å². The van der Waals surface area contributed by atoms with E-state index in [9.17, 15) is 4.79 Å². The highest BCUT2D eigenvalue weighted by Gasteiger charge is 2.25. The fourth-order valence-corrected chi connectivity index (χ4v) is 3.77. The van der Waals surface area contributed by atoms with Crippen molar-refractivity contribution in [3.05, 3.63) is 48.0 Å². The number of carbonyl (C=O) groups excluding carboxylic acids is 1. The summed E-state index contributed by atoms with van der Waals surface area (Å²) < 4.78 is 5.87. The smallest absolute Gasteiger partial charge is 0.253 e. The van der Waals surface area contributed by atoms with Crippen molar-refractivity contribution in [1.82, 2.24) is 15.1 Å². The minimum absolute atomic E-state index is 0.0653. The van der Waals surface area contributed by atoms with Crippen LogP contribution < -0.4 is 5.73 Å². The van der Waals surface area contributed by atoms with E-state index in [1.165, 1.54) is 0 Å². The van der Waals surface area contributed by atoms with E-state index in [1.54, 1.807) is 0 Å². The first-order valence-electron chi connectivity index (χ1n) is 9.90. The molecule has 0 unspecified atom stereocenters. The number of fused-ring (bicyclic) bond motifs is 1. The fourth-order valence-electron chi connectivity index (χ4n) is 3.77. The van der Waals surface area contributed by atoms with Gasteiger partial charge in [0.05, 0.1) is 11.6 Å². The number of hydrogen-bond acceptors (Lipinski definition) is 4. The lowest BCUT2D eigenvalue weighted by molar-refractivity contribution is 0.00211. The Balaban J connectivity index is 1.55. The van der Waals surface area contributed by atoms with Crippen molar-refractivity contribution in [3.63, 3.8) is 0 Å². The fraction of sp³-hybridized carbons (Fsp3) is 0.364. The second-order valence-corrected chi connectivity index (χ2v) is 7.34. The summed E-state index contributed by atoms with van der Waals surface area (Å²) in [5.41, 5.74) is 9.54. The Morgan fingerprint density at radius 1 is 1.29 bits per heavy atom. The lowest BCUT2D eigenvalue weighted by Gasteiger charge is -2.32. The molecule has 1 aliphatic rings. The molecule has 3 N–H and O–H groups in total. The first kappa shape index (κ1) is 18.5. The van der Waals surface area contributed by atoms with Crippen LogP contribution in [-0.4, -0.2) is 46.8 Å². The molecular weight excluding hydrogens is 352 g/mol. The van der Waals surface area contributed by atoms with Crippen LogP contribution in [0, 0.1) is 0 Å². The monoisotopic (exact) mass is 378 g/mol. The summed E-state index contributed by atoms with van der Waals surface area (Å²) in [7, 11) is 0. The third-order valence-electron chi connectivity index (χ3n) is 5.26. The second-order valence-electron chi connectivity index (χ2n) is 7.34. The zero-order valence-electron chi connectivity index (χ0n) is 16.1. The molecule has 0 bridgehead atoms. The molecule has 28 heavy (non-hydrogen) atoms. The second kappa shape index (κ2) is 8.02. The molecule has 2 aromatic carbocycles. The highest BCUT2D eigenvalue weighted by molar-refractivity contribution is 5.96. The summed E-state index contributed by atoms with van der Waals surface area (Å²) in [5, 5.41) is 7.85. The van der Waals surface area contributed by atoms with Gasteiger partial charge in [-0.05, 0) is 54.7 Å². The maximum Gasteiger partial charge on any atom is 0.253 e. The van der Waals surface area contributed by atoms with Crippen LogP contribution in [0.25, 0.3) is 22.0 Å². The van der Waals surface area contributed by atoms with Gasteiger partial charge in [-0.15, -0.1) is 0 Å². The van der Waals surface area contributed by atoms with Gasteiger partial charge in [-0.1, -0.05) is 25.1 Å². The first-order chi connectivity index (χ1) is 13.7. The number of hydrogen-bond donors (Lipinski definition) is 2. The molecular formula is C22H26N4O2. The minimum Gasteiger partial charge on any atom is -0.382 e. The predicted molar refractivity (Wildman–Crippen MR) is 111 cm³/mol. The number of likely N-dealkylation sites (tertiary alicyclic amines) is 1. The molecule has 1 aliphatic heterocycles. The van der Waals surface area contributed by atoms with E-state index in [1.807, 2.05) is 47.4 Å². The minimum atomic E-state index is 0.0653. The summed E-state index contributed by atoms with van der Waals surface area (Å²) in [6, 6.07) is 13.8. The maximum absolute atomic E-state index is 13.1. The predicted octanol–water partition coefficient (Wildman–Crippen LogP) is 3.84. The van der Waals surface area contributed by atoms with E-state index in [-0.39, 0.29) is 12.0 Å². The summed E-state index contributed by atoms with van der Waals surface area (Å²) in [5.74, 6) is 0.547. The Kier molecular flexibility index (Phi) is 5.30. The first-order valence-corrected chi connectivity index (χ1v) is 9.90. The summed E-state index contributed by atoms with van der Waals surface area (Å²) in [4.78, 5) is 15.0. The molecule has 1 amide bonds. The number of H-pyrrole nitrogens is 1. The highest BCUT2D eigenvalue weighted by atomic mass is 16.5. The number of aromatic amines is 1. The van der Waals surface area contributed by atoms with Crippen LogP contribution in [0.15, 0.2) is 42.5 Å². The maximum atomic E-state index is 13.1. The van der Waals surface area contributed by atoms with Crippen molar-refractivity contribution < 1.29 is 9.53 Å². The van der Waals surface area contributed by atoms with Crippen LogP contribution in [0.4, 0.5) is 5.82 Å². The number of anilines is 1. The SMILES string of the molecule is CCCO[C@@H]1CCCN(C(=O)c2cccc(-c3ccc4[nH]nc(N)c4c3)c2)C1. The molecule has 0 saturated carbocycles. The van der Waals surface area contributed by atoms with E-state index in [2.05, 4.69) is 17.1 Å². The molecule has 1 fully saturated rings. The van der Waals surface area contributed by atoms with Crippen molar-refractivity contribution in [2.45, 2.75) is 32.3 Å². The number of carbonyl (C=O) groups is 1. The van der Waals surface area contributed by atoms with Gasteiger partial charge in [-0.2, -0.15) is 5.10 Å². The van der Waals surface area contributed by atoms with Gasteiger partial charge in [0.25, 0.3) is 5.91 Å². The van der Waals surface area contributed by atoms with Gasteiger partial charge < -0.3 is 15.4 Å². The average Bonchev–Trinajstić information content (AvgIpc) is 3.12. The largest absolute Gasteiger partial charge is 0.382 e. The Bertz CT molecular complexity index is 982. The standard InChI is InChI=1S/C22H26N4O2/c1-2-11-28-18-7-4-10-26(14-18)22(27)17-6-3-5-15(12-17)16-8-9-20-19(13-16)21(23)25-24-20/h3,5-6,8-9,12-13,18H,2,4,7,10-11,14H2,1H3,(H3,23,24,25)/t18-/m1/s1. The van der Waals surface area contributed by atoms with E-state index >= 15 is 0 Å². The van der Waals surface area contributed by atoms with Gasteiger partial charge in [0, 0.05) is 30.6 Å². The lowest BCUT2D eigenvalue weighted by Crippen LogP contribution is -2.43. The quantitative estimate of drug-likeness (QED) is 0.706. The number of ether oxygens (including phenoxy) is 1. The van der Waals surface area contributed by atoms with Gasteiger partial charge in [-0.3, -0.25) is 9.89 Å². The number of nitrogen functional groups attached to an aromatic ring is 1. The molecule has 4 rings (SSSR count). The van der Waals surface area contributed by atoms with E-state index in [0.717, 1.165) is 54.4 Å². The van der Waals surface area contributed by atoms with Crippen LogP contribution >= 0.6 is 0 Å². The van der Waals surface area contributed by atoms with Gasteiger partial charge >= 0.3 is 0 Å². The number of nitrogens with two attached hydrogens (primary N) is 1.